The molecule has 0 bridgehead atoms. The third kappa shape index (κ3) is 3.39. The number of nitrogens with one attached hydrogen (secondary N) is 1. The molecule has 30 heavy (non-hydrogen) atoms. The Morgan fingerprint density at radius 2 is 2.07 bits per heavy atom. The lowest BCUT2D eigenvalue weighted by Crippen LogP contribution is -2.45. The topological polar surface area (TPSA) is 99.9 Å². The number of amides is 1. The van der Waals surface area contributed by atoms with Crippen LogP contribution >= 0.6 is 0 Å². The van der Waals surface area contributed by atoms with Crippen molar-refractivity contribution in [3.05, 3.63) is 53.0 Å². The van der Waals surface area contributed by atoms with Crippen molar-refractivity contribution in [2.45, 2.75) is 45.8 Å². The minimum atomic E-state index is -1.32. The molecular weight excluding hydrogens is 387 g/mol. The Morgan fingerprint density at radius 3 is 2.70 bits per heavy atom. The smallest absolute Gasteiger partial charge is 0.271 e. The zero-order valence-electron chi connectivity index (χ0n) is 17.3. The number of aliphatic hydroxyl groups is 1. The van der Waals surface area contributed by atoms with E-state index < -0.39 is 11.5 Å². The molecule has 3 aromatic heterocycles. The van der Waals surface area contributed by atoms with Crippen molar-refractivity contribution in [3.8, 4) is 11.3 Å². The lowest BCUT2D eigenvalue weighted by molar-refractivity contribution is -0.0242. The molecule has 4 rings (SSSR count). The van der Waals surface area contributed by atoms with E-state index in [0.29, 0.717) is 24.5 Å². The van der Waals surface area contributed by atoms with E-state index in [4.69, 9.17) is 0 Å². The van der Waals surface area contributed by atoms with Crippen molar-refractivity contribution in [2.24, 2.45) is 0 Å². The third-order valence-corrected chi connectivity index (χ3v) is 5.88. The van der Waals surface area contributed by atoms with E-state index in [2.05, 4.69) is 20.3 Å². The van der Waals surface area contributed by atoms with Crippen LogP contribution in [-0.4, -0.2) is 54.0 Å². The Hall–Kier alpha value is -3.07. The van der Waals surface area contributed by atoms with Gasteiger partial charge in [-0.3, -0.25) is 14.6 Å². The van der Waals surface area contributed by atoms with E-state index in [9.17, 15) is 14.3 Å². The van der Waals surface area contributed by atoms with Gasteiger partial charge in [-0.25, -0.2) is 4.98 Å². The molecule has 1 aliphatic rings. The van der Waals surface area contributed by atoms with Crippen LogP contribution in [0, 0.1) is 19.8 Å². The van der Waals surface area contributed by atoms with E-state index in [1.165, 1.54) is 6.20 Å². The van der Waals surface area contributed by atoms with E-state index in [-0.39, 0.29) is 24.3 Å². The number of likely N-dealkylation sites (tertiary alicyclic amines) is 1. The Kier molecular flexibility index (Phi) is 5.15. The maximum atomic E-state index is 14.0. The first kappa shape index (κ1) is 20.2. The summed E-state index contributed by atoms with van der Waals surface area (Å²) in [6.07, 6.45) is 1.83. The van der Waals surface area contributed by atoms with Gasteiger partial charge in [-0.2, -0.15) is 14.6 Å². The molecular formula is C21H25FN6O2. The zero-order chi connectivity index (χ0) is 21.5. The molecule has 0 spiro atoms. The fourth-order valence-corrected chi connectivity index (χ4v) is 4.19. The second-order valence-corrected chi connectivity index (χ2v) is 7.69. The van der Waals surface area contributed by atoms with Crippen LogP contribution in [0.4, 0.5) is 4.39 Å². The summed E-state index contributed by atoms with van der Waals surface area (Å²) in [4.78, 5) is 18.2. The van der Waals surface area contributed by atoms with Crippen molar-refractivity contribution >= 4 is 5.91 Å². The highest BCUT2D eigenvalue weighted by molar-refractivity contribution is 5.93. The van der Waals surface area contributed by atoms with Gasteiger partial charge in [0.1, 0.15) is 5.69 Å². The number of aryl methyl sites for hydroxylation is 2. The summed E-state index contributed by atoms with van der Waals surface area (Å²) in [6, 6.07) is 4.88. The molecule has 0 unspecified atom stereocenters. The van der Waals surface area contributed by atoms with Crippen LogP contribution in [-0.2, 0) is 12.1 Å². The quantitative estimate of drug-likeness (QED) is 0.642. The average Bonchev–Trinajstić information content (AvgIpc) is 3.32. The Labute approximate surface area is 173 Å². The van der Waals surface area contributed by atoms with Gasteiger partial charge >= 0.3 is 0 Å². The van der Waals surface area contributed by atoms with E-state index in [1.54, 1.807) is 23.1 Å². The van der Waals surface area contributed by atoms with Gasteiger partial charge in [0.05, 0.1) is 17.0 Å². The summed E-state index contributed by atoms with van der Waals surface area (Å²) < 4.78 is 15.9. The normalized spacial score (nSPS) is 16.1. The van der Waals surface area contributed by atoms with Gasteiger partial charge in [0, 0.05) is 42.7 Å². The van der Waals surface area contributed by atoms with E-state index in [0.717, 1.165) is 23.5 Å². The van der Waals surface area contributed by atoms with Crippen molar-refractivity contribution in [1.29, 1.82) is 0 Å². The number of H-pyrrole nitrogens is 1. The molecule has 1 saturated heterocycles. The highest BCUT2D eigenvalue weighted by Gasteiger charge is 2.38. The fraction of sp³-hybridized carbons (Fsp3) is 0.429. The van der Waals surface area contributed by atoms with Crippen LogP contribution in [0.5, 0.6) is 0 Å². The number of carbonyl (C=O) groups is 1. The zero-order valence-corrected chi connectivity index (χ0v) is 17.3. The first-order valence-corrected chi connectivity index (χ1v) is 10.1. The monoisotopic (exact) mass is 412 g/mol. The van der Waals surface area contributed by atoms with Crippen LogP contribution in [0.3, 0.4) is 0 Å². The highest BCUT2D eigenvalue weighted by Crippen LogP contribution is 2.34. The summed E-state index contributed by atoms with van der Waals surface area (Å²) in [5, 5.41) is 22.6. The molecule has 0 aliphatic carbocycles. The molecule has 158 valence electrons. The van der Waals surface area contributed by atoms with Crippen molar-refractivity contribution < 1.29 is 14.3 Å². The number of aromatic nitrogens is 5. The summed E-state index contributed by atoms with van der Waals surface area (Å²) in [6.45, 7) is 7.31. The summed E-state index contributed by atoms with van der Waals surface area (Å²) >= 11 is 0. The van der Waals surface area contributed by atoms with Gasteiger partial charge < -0.3 is 10.0 Å². The Balaban J connectivity index is 1.50. The number of rotatable bonds is 4. The minimum absolute atomic E-state index is 0.180. The molecule has 1 amide bonds. The SMILES string of the molecule is CCn1nc(C)c(-c2cc(C(=O)N3CCC(O)(c4cccnc4F)CC3)[nH]n2)c1C. The van der Waals surface area contributed by atoms with Crippen LogP contribution < -0.4 is 0 Å². The largest absolute Gasteiger partial charge is 0.385 e. The van der Waals surface area contributed by atoms with Crippen LogP contribution in [0.25, 0.3) is 11.3 Å². The number of hydrogen-bond donors (Lipinski definition) is 2. The predicted molar refractivity (Wildman–Crippen MR) is 108 cm³/mol. The van der Waals surface area contributed by atoms with Gasteiger partial charge in [-0.15, -0.1) is 0 Å². The molecule has 4 heterocycles. The first-order valence-electron chi connectivity index (χ1n) is 10.1. The van der Waals surface area contributed by atoms with Gasteiger partial charge in [0.15, 0.2) is 0 Å². The molecule has 1 fully saturated rings. The fourth-order valence-electron chi connectivity index (χ4n) is 4.19. The van der Waals surface area contributed by atoms with Crippen LogP contribution in [0.2, 0.25) is 0 Å². The molecule has 8 nitrogen and oxygen atoms in total. The van der Waals surface area contributed by atoms with Gasteiger partial charge in [0.25, 0.3) is 5.91 Å². The van der Waals surface area contributed by atoms with E-state index >= 15 is 0 Å². The predicted octanol–water partition coefficient (Wildman–Crippen LogP) is 2.57. The molecule has 0 saturated carbocycles. The van der Waals surface area contributed by atoms with Crippen molar-refractivity contribution in [2.75, 3.05) is 13.1 Å². The Morgan fingerprint density at radius 1 is 1.33 bits per heavy atom. The highest BCUT2D eigenvalue weighted by atomic mass is 19.1. The Bertz CT molecular complexity index is 1080. The molecule has 3 aromatic rings. The van der Waals surface area contributed by atoms with Crippen LogP contribution in [0.1, 0.15) is 47.2 Å². The van der Waals surface area contributed by atoms with Gasteiger partial charge in [-0.05, 0) is 45.7 Å². The molecule has 0 radical (unpaired) electrons. The number of hydrogen-bond acceptors (Lipinski definition) is 5. The lowest BCUT2D eigenvalue weighted by Gasteiger charge is -2.38. The average molecular weight is 412 g/mol. The maximum absolute atomic E-state index is 14.0. The number of aromatic amines is 1. The number of halogens is 1. The number of nitrogens with zero attached hydrogens (tertiary/aromatic N) is 5. The van der Waals surface area contributed by atoms with Crippen molar-refractivity contribution in [1.82, 2.24) is 29.9 Å². The third-order valence-electron chi connectivity index (χ3n) is 5.88. The molecule has 1 aliphatic heterocycles. The maximum Gasteiger partial charge on any atom is 0.271 e. The number of piperidine rings is 1. The number of pyridine rings is 1. The molecule has 0 atom stereocenters. The second kappa shape index (κ2) is 7.64. The van der Waals surface area contributed by atoms with Gasteiger partial charge in [-0.1, -0.05) is 6.07 Å². The standard InChI is InChI=1S/C21H25FN6O2/c1-4-28-14(3)18(13(2)26-28)16-12-17(25-24-16)20(29)27-10-7-21(30,8-11-27)15-6-5-9-23-19(15)22/h5-6,9,12,30H,4,7-8,10-11H2,1-3H3,(H,24,25). The van der Waals surface area contributed by atoms with Crippen LogP contribution in [0.15, 0.2) is 24.4 Å². The summed E-state index contributed by atoms with van der Waals surface area (Å²) in [5.41, 5.74) is 2.71. The summed E-state index contributed by atoms with van der Waals surface area (Å²) in [7, 11) is 0. The first-order chi connectivity index (χ1) is 14.3. The summed E-state index contributed by atoms with van der Waals surface area (Å²) in [5.74, 6) is -0.864. The minimum Gasteiger partial charge on any atom is -0.385 e. The van der Waals surface area contributed by atoms with Crippen molar-refractivity contribution in [3.63, 3.8) is 0 Å². The molecule has 9 heteroatoms. The van der Waals surface area contributed by atoms with Gasteiger partial charge in [0.2, 0.25) is 5.95 Å². The lowest BCUT2D eigenvalue weighted by atomic mass is 9.85. The second-order valence-electron chi connectivity index (χ2n) is 7.69. The molecule has 2 N–H and O–H groups in total. The number of carbonyl (C=O) groups excluding carboxylic acids is 1. The van der Waals surface area contributed by atoms with E-state index in [1.807, 2.05) is 25.5 Å². The molecule has 0 aromatic carbocycles.